The summed E-state index contributed by atoms with van der Waals surface area (Å²) < 4.78 is 5.45. The van der Waals surface area contributed by atoms with Gasteiger partial charge in [-0.25, -0.2) is 4.79 Å². The maximum Gasteiger partial charge on any atom is 0.410 e. The summed E-state index contributed by atoms with van der Waals surface area (Å²) >= 11 is 0. The molecule has 0 aromatic carbocycles. The van der Waals surface area contributed by atoms with E-state index < -0.39 is 5.60 Å². The van der Waals surface area contributed by atoms with Gasteiger partial charge in [0.1, 0.15) is 5.60 Å². The number of ether oxygens (including phenoxy) is 1. The molecule has 0 aromatic heterocycles. The Morgan fingerprint density at radius 3 is 2.28 bits per heavy atom. The number of carbonyl (C=O) groups is 1. The van der Waals surface area contributed by atoms with Crippen molar-refractivity contribution in [1.29, 1.82) is 0 Å². The zero-order chi connectivity index (χ0) is 14.1. The fraction of sp³-hybridized carbons (Fsp3) is 0.929. The molecule has 106 valence electrons. The van der Waals surface area contributed by atoms with Crippen LogP contribution in [0.15, 0.2) is 0 Å². The molecular weight excluding hydrogens is 228 g/mol. The molecule has 0 aliphatic carbocycles. The third-order valence-corrected chi connectivity index (χ3v) is 3.34. The summed E-state index contributed by atoms with van der Waals surface area (Å²) in [5.74, 6) is 0. The van der Waals surface area contributed by atoms with E-state index in [2.05, 4.69) is 20.8 Å². The average Bonchev–Trinajstić information content (AvgIpc) is 2.60. The highest BCUT2D eigenvalue weighted by Crippen LogP contribution is 2.30. The molecule has 4 heteroatoms. The van der Waals surface area contributed by atoms with Crippen LogP contribution < -0.4 is 5.73 Å². The Morgan fingerprint density at radius 1 is 1.28 bits per heavy atom. The van der Waals surface area contributed by atoms with Crippen LogP contribution in [0, 0.1) is 5.41 Å². The summed E-state index contributed by atoms with van der Waals surface area (Å²) in [6.07, 6.45) is 1.75. The quantitative estimate of drug-likeness (QED) is 0.785. The van der Waals surface area contributed by atoms with Crippen molar-refractivity contribution in [3.05, 3.63) is 0 Å². The van der Waals surface area contributed by atoms with Crippen LogP contribution in [0.5, 0.6) is 0 Å². The van der Waals surface area contributed by atoms with Gasteiger partial charge in [-0.1, -0.05) is 20.8 Å². The lowest BCUT2D eigenvalue weighted by Gasteiger charge is -2.37. The number of hydrogen-bond acceptors (Lipinski definition) is 3. The van der Waals surface area contributed by atoms with Gasteiger partial charge in [0, 0.05) is 12.6 Å². The normalized spacial score (nSPS) is 23.1. The molecule has 1 aliphatic heterocycles. The Hall–Kier alpha value is -0.770. The van der Waals surface area contributed by atoms with Gasteiger partial charge < -0.3 is 15.4 Å². The second kappa shape index (κ2) is 5.08. The van der Waals surface area contributed by atoms with Crippen molar-refractivity contribution in [2.75, 3.05) is 6.54 Å². The van der Waals surface area contributed by atoms with Crippen molar-refractivity contribution >= 4 is 6.09 Å². The van der Waals surface area contributed by atoms with Crippen LogP contribution in [0.2, 0.25) is 0 Å². The van der Waals surface area contributed by atoms with Crippen molar-refractivity contribution in [3.8, 4) is 0 Å². The summed E-state index contributed by atoms with van der Waals surface area (Å²) in [6, 6.07) is 0.0763. The predicted octanol–water partition coefficient (Wildman–Crippen LogP) is 2.76. The van der Waals surface area contributed by atoms with E-state index in [0.717, 1.165) is 19.4 Å². The molecule has 0 spiro atoms. The molecule has 1 heterocycles. The number of hydrogen-bond donors (Lipinski definition) is 1. The second-order valence-corrected chi connectivity index (χ2v) is 7.28. The molecule has 2 N–H and O–H groups in total. The maximum atomic E-state index is 12.2. The van der Waals surface area contributed by atoms with Crippen LogP contribution in [-0.4, -0.2) is 35.2 Å². The van der Waals surface area contributed by atoms with Gasteiger partial charge >= 0.3 is 6.09 Å². The molecule has 0 saturated carbocycles. The molecular formula is C14H28N2O2. The van der Waals surface area contributed by atoms with Gasteiger partial charge in [0.2, 0.25) is 0 Å². The Morgan fingerprint density at radius 2 is 1.83 bits per heavy atom. The van der Waals surface area contributed by atoms with Crippen molar-refractivity contribution in [3.63, 3.8) is 0 Å². The number of nitrogens with two attached hydrogens (primary N) is 1. The molecule has 0 unspecified atom stereocenters. The Bertz CT molecular complexity index is 302. The minimum Gasteiger partial charge on any atom is -0.444 e. The molecule has 1 rings (SSSR count). The van der Waals surface area contributed by atoms with Crippen molar-refractivity contribution in [2.45, 2.75) is 72.1 Å². The van der Waals surface area contributed by atoms with E-state index in [-0.39, 0.29) is 23.6 Å². The molecule has 1 fully saturated rings. The predicted molar refractivity (Wildman–Crippen MR) is 73.4 cm³/mol. The highest BCUT2D eigenvalue weighted by Gasteiger charge is 2.39. The lowest BCUT2D eigenvalue weighted by Crippen LogP contribution is -2.53. The molecule has 1 saturated heterocycles. The van der Waals surface area contributed by atoms with Crippen LogP contribution in [0.4, 0.5) is 4.79 Å². The van der Waals surface area contributed by atoms with Crippen LogP contribution in [-0.2, 0) is 4.74 Å². The molecule has 4 nitrogen and oxygen atoms in total. The number of nitrogens with zero attached hydrogens (tertiary/aromatic N) is 1. The molecule has 0 aromatic rings. The lowest BCUT2D eigenvalue weighted by molar-refractivity contribution is 0.0171. The highest BCUT2D eigenvalue weighted by molar-refractivity contribution is 5.69. The summed E-state index contributed by atoms with van der Waals surface area (Å²) in [5, 5.41) is 0. The molecule has 1 amide bonds. The molecule has 0 radical (unpaired) electrons. The Labute approximate surface area is 111 Å². The molecule has 18 heavy (non-hydrogen) atoms. The van der Waals surface area contributed by atoms with Crippen molar-refractivity contribution in [1.82, 2.24) is 4.90 Å². The van der Waals surface area contributed by atoms with E-state index in [1.807, 2.05) is 20.8 Å². The largest absolute Gasteiger partial charge is 0.444 e. The second-order valence-electron chi connectivity index (χ2n) is 7.28. The monoisotopic (exact) mass is 256 g/mol. The third kappa shape index (κ3) is 3.87. The number of rotatable bonds is 1. The maximum absolute atomic E-state index is 12.2. The van der Waals surface area contributed by atoms with E-state index in [1.54, 1.807) is 4.90 Å². The number of amides is 1. The first kappa shape index (κ1) is 15.3. The van der Waals surface area contributed by atoms with Gasteiger partial charge in [-0.3, -0.25) is 0 Å². The topological polar surface area (TPSA) is 55.6 Å². The summed E-state index contributed by atoms with van der Waals surface area (Å²) in [7, 11) is 0. The van der Waals surface area contributed by atoms with E-state index in [1.165, 1.54) is 0 Å². The van der Waals surface area contributed by atoms with Gasteiger partial charge in [-0.05, 0) is 39.0 Å². The SMILES string of the molecule is CC(C)(C)OC(=O)N1CCC[C@@H]1[C@@H](N)C(C)(C)C. The number of likely N-dealkylation sites (tertiary alicyclic amines) is 1. The minimum atomic E-state index is -0.448. The van der Waals surface area contributed by atoms with Gasteiger partial charge in [0.15, 0.2) is 0 Å². The van der Waals surface area contributed by atoms with Gasteiger partial charge in [-0.2, -0.15) is 0 Å². The smallest absolute Gasteiger partial charge is 0.410 e. The Balaban J connectivity index is 2.74. The molecule has 2 atom stereocenters. The Kier molecular flexibility index (Phi) is 4.31. The first-order chi connectivity index (χ1) is 8.02. The van der Waals surface area contributed by atoms with Crippen molar-refractivity contribution in [2.24, 2.45) is 11.1 Å². The van der Waals surface area contributed by atoms with E-state index in [4.69, 9.17) is 10.5 Å². The first-order valence-corrected chi connectivity index (χ1v) is 6.77. The average molecular weight is 256 g/mol. The zero-order valence-corrected chi connectivity index (χ0v) is 12.6. The summed E-state index contributed by atoms with van der Waals surface area (Å²) in [6.45, 7) is 12.8. The first-order valence-electron chi connectivity index (χ1n) is 6.77. The summed E-state index contributed by atoms with van der Waals surface area (Å²) in [4.78, 5) is 14.0. The van der Waals surface area contributed by atoms with Gasteiger partial charge in [-0.15, -0.1) is 0 Å². The molecule has 1 aliphatic rings. The van der Waals surface area contributed by atoms with Crippen LogP contribution >= 0.6 is 0 Å². The van der Waals surface area contributed by atoms with E-state index in [0.29, 0.717) is 0 Å². The standard InChI is InChI=1S/C14H28N2O2/c1-13(2,3)11(15)10-8-7-9-16(10)12(17)18-14(4,5)6/h10-11H,7-9,15H2,1-6H3/t10-,11-/m1/s1. The third-order valence-electron chi connectivity index (χ3n) is 3.34. The fourth-order valence-corrected chi connectivity index (χ4v) is 2.29. The highest BCUT2D eigenvalue weighted by atomic mass is 16.6. The van der Waals surface area contributed by atoms with Crippen LogP contribution in [0.3, 0.4) is 0 Å². The van der Waals surface area contributed by atoms with Crippen LogP contribution in [0.1, 0.15) is 54.4 Å². The van der Waals surface area contributed by atoms with Gasteiger partial charge in [0.05, 0.1) is 6.04 Å². The van der Waals surface area contributed by atoms with E-state index >= 15 is 0 Å². The van der Waals surface area contributed by atoms with Gasteiger partial charge in [0.25, 0.3) is 0 Å². The minimum absolute atomic E-state index is 0.00469. The number of carbonyl (C=O) groups excluding carboxylic acids is 1. The van der Waals surface area contributed by atoms with E-state index in [9.17, 15) is 4.79 Å². The molecule has 0 bridgehead atoms. The summed E-state index contributed by atoms with van der Waals surface area (Å²) in [5.41, 5.74) is 5.85. The lowest BCUT2D eigenvalue weighted by atomic mass is 9.82. The van der Waals surface area contributed by atoms with Crippen LogP contribution in [0.25, 0.3) is 0 Å². The fourth-order valence-electron chi connectivity index (χ4n) is 2.29. The zero-order valence-electron chi connectivity index (χ0n) is 12.6. The van der Waals surface area contributed by atoms with Crippen molar-refractivity contribution < 1.29 is 9.53 Å².